The third-order valence-corrected chi connectivity index (χ3v) is 9.96. The predicted octanol–water partition coefficient (Wildman–Crippen LogP) is 0.143. The van der Waals surface area contributed by atoms with Crippen LogP contribution in [0.25, 0.3) is 0 Å². The second-order valence-corrected chi connectivity index (χ2v) is 10.5. The molecule has 2 N–H and O–H groups in total. The highest BCUT2D eigenvalue weighted by Crippen LogP contribution is 2.82. The Labute approximate surface area is 193 Å². The fourth-order valence-electron chi connectivity index (χ4n) is 9.14. The van der Waals surface area contributed by atoms with Crippen LogP contribution in [0.4, 0.5) is 10.5 Å². The maximum atomic E-state index is 13.8. The first kappa shape index (κ1) is 19.3. The van der Waals surface area contributed by atoms with E-state index in [9.17, 15) is 24.6 Å². The number of methoxy groups -OCH3 is 1. The van der Waals surface area contributed by atoms with Crippen molar-refractivity contribution in [3.8, 4) is 11.5 Å². The molecule has 0 radical (unpaired) electrons. The third-order valence-electron chi connectivity index (χ3n) is 9.96. The van der Waals surface area contributed by atoms with E-state index in [4.69, 9.17) is 18.9 Å². The summed E-state index contributed by atoms with van der Waals surface area (Å²) in [5, 5.41) is 25.1. The summed E-state index contributed by atoms with van der Waals surface area (Å²) in [5.41, 5.74) is -7.56. The van der Waals surface area contributed by atoms with Crippen molar-refractivity contribution in [2.75, 3.05) is 25.3 Å². The van der Waals surface area contributed by atoms with Crippen molar-refractivity contribution < 1.29 is 43.5 Å². The van der Waals surface area contributed by atoms with E-state index in [-0.39, 0.29) is 31.1 Å². The number of anilines is 1. The molecule has 9 rings (SSSR count). The van der Waals surface area contributed by atoms with Gasteiger partial charge in [-0.15, -0.1) is 0 Å². The van der Waals surface area contributed by atoms with E-state index in [1.54, 1.807) is 12.1 Å². The maximum absolute atomic E-state index is 13.8. The third kappa shape index (κ3) is 1.38. The number of aliphatic hydroxyl groups is 2. The summed E-state index contributed by atoms with van der Waals surface area (Å²) < 4.78 is 22.2. The van der Waals surface area contributed by atoms with Gasteiger partial charge in [-0.3, -0.25) is 9.69 Å². The number of nitrogens with zero attached hydrogens (tertiary/aromatic N) is 2. The molecule has 1 aromatic rings. The minimum absolute atomic E-state index is 0.0802. The molecular weight excluding hydrogens is 448 g/mol. The number of carbonyl (C=O) groups excluding carboxylic acids is 3. The van der Waals surface area contributed by atoms with Gasteiger partial charge in [-0.2, -0.15) is 0 Å². The lowest BCUT2D eigenvalue weighted by Gasteiger charge is -2.75. The van der Waals surface area contributed by atoms with Gasteiger partial charge in [0.2, 0.25) is 6.79 Å². The van der Waals surface area contributed by atoms with Crippen LogP contribution in [0, 0.1) is 5.41 Å². The van der Waals surface area contributed by atoms with E-state index in [0.29, 0.717) is 37.1 Å². The van der Waals surface area contributed by atoms with Crippen LogP contribution >= 0.6 is 0 Å². The number of hydrogen-bond donors (Lipinski definition) is 2. The molecule has 4 bridgehead atoms. The zero-order valence-corrected chi connectivity index (χ0v) is 18.3. The predicted molar refractivity (Wildman–Crippen MR) is 109 cm³/mol. The summed E-state index contributed by atoms with van der Waals surface area (Å²) >= 11 is 0. The summed E-state index contributed by atoms with van der Waals surface area (Å²) in [6, 6.07) is 3.36. The van der Waals surface area contributed by atoms with E-state index in [2.05, 4.69) is 0 Å². The van der Waals surface area contributed by atoms with Crippen LogP contribution in [0.15, 0.2) is 12.1 Å². The number of amides is 2. The molecule has 0 unspecified atom stereocenters. The number of carbonyl (C=O) groups is 3. The molecule has 5 aliphatic heterocycles. The molecule has 6 atom stereocenters. The van der Waals surface area contributed by atoms with Gasteiger partial charge in [0.15, 0.2) is 28.9 Å². The van der Waals surface area contributed by atoms with Crippen LogP contribution < -0.4 is 14.4 Å². The van der Waals surface area contributed by atoms with Crippen molar-refractivity contribution in [1.29, 1.82) is 0 Å². The first-order valence-electron chi connectivity index (χ1n) is 11.5. The molecule has 8 aliphatic rings. The Morgan fingerprint density at radius 3 is 2.79 bits per heavy atom. The molecule has 6 fully saturated rings. The van der Waals surface area contributed by atoms with E-state index in [1.165, 1.54) is 16.9 Å². The van der Waals surface area contributed by atoms with Gasteiger partial charge >= 0.3 is 12.1 Å². The molecule has 3 spiro atoms. The average Bonchev–Trinajstić information content (AvgIpc) is 3.45. The Hall–Kier alpha value is -3.05. The van der Waals surface area contributed by atoms with E-state index >= 15 is 0 Å². The maximum Gasteiger partial charge on any atom is 0.414 e. The van der Waals surface area contributed by atoms with Crippen LogP contribution in [-0.4, -0.2) is 76.5 Å². The average molecular weight is 470 g/mol. The van der Waals surface area contributed by atoms with Crippen LogP contribution in [0.1, 0.15) is 37.7 Å². The van der Waals surface area contributed by atoms with E-state index in [1.807, 2.05) is 0 Å². The van der Waals surface area contributed by atoms with E-state index in [0.717, 1.165) is 0 Å². The summed E-state index contributed by atoms with van der Waals surface area (Å²) in [5.74, 6) is -0.830. The molecule has 1 aromatic carbocycles. The molecular formula is C23H22N2O9. The minimum atomic E-state index is -2.17. The second kappa shape index (κ2) is 5.13. The van der Waals surface area contributed by atoms with Gasteiger partial charge in [0.25, 0.3) is 5.91 Å². The first-order chi connectivity index (χ1) is 16.2. The molecule has 34 heavy (non-hydrogen) atoms. The first-order valence-corrected chi connectivity index (χ1v) is 11.5. The Bertz CT molecular complexity index is 1270. The van der Waals surface area contributed by atoms with Crippen molar-refractivity contribution >= 4 is 23.7 Å². The Kier molecular flexibility index (Phi) is 2.91. The number of hydrogen-bond acceptors (Lipinski definition) is 9. The lowest BCUT2D eigenvalue weighted by Crippen LogP contribution is -2.93. The van der Waals surface area contributed by atoms with Crippen molar-refractivity contribution in [2.24, 2.45) is 5.41 Å². The summed E-state index contributed by atoms with van der Waals surface area (Å²) in [4.78, 5) is 43.6. The zero-order chi connectivity index (χ0) is 23.5. The Morgan fingerprint density at radius 1 is 1.18 bits per heavy atom. The SMILES string of the molecule is COC(=O)N1c2c(ccc3c2OCO3)[C@]23[C@H]4OC(=O)[C@@]5(O)C[C@@]6(CCCN(C4=O)[C@@]62O)CC[C@]135. The van der Waals surface area contributed by atoms with Crippen molar-refractivity contribution in [2.45, 2.75) is 60.5 Å². The van der Waals surface area contributed by atoms with Gasteiger partial charge in [-0.1, -0.05) is 6.07 Å². The quantitative estimate of drug-likeness (QED) is 0.508. The number of rotatable bonds is 0. The molecule has 11 heteroatoms. The fraction of sp³-hybridized carbons (Fsp3) is 0.609. The van der Waals surface area contributed by atoms with Crippen LogP contribution in [0.5, 0.6) is 11.5 Å². The number of fused-ring (bicyclic) bond motifs is 4. The van der Waals surface area contributed by atoms with Crippen molar-refractivity contribution in [1.82, 2.24) is 4.90 Å². The van der Waals surface area contributed by atoms with Gasteiger partial charge in [0, 0.05) is 12.0 Å². The van der Waals surface area contributed by atoms with Gasteiger partial charge in [-0.25, -0.2) is 9.59 Å². The van der Waals surface area contributed by atoms with Crippen molar-refractivity contribution in [3.05, 3.63) is 17.7 Å². The summed E-state index contributed by atoms with van der Waals surface area (Å²) in [6.45, 7) is 0.211. The van der Waals surface area contributed by atoms with Gasteiger partial charge in [0.1, 0.15) is 11.0 Å². The monoisotopic (exact) mass is 470 g/mol. The zero-order valence-electron chi connectivity index (χ0n) is 18.3. The number of ether oxygens (including phenoxy) is 4. The van der Waals surface area contributed by atoms with Crippen LogP contribution in [0.2, 0.25) is 0 Å². The minimum Gasteiger partial charge on any atom is -0.454 e. The second-order valence-electron chi connectivity index (χ2n) is 10.5. The smallest absolute Gasteiger partial charge is 0.414 e. The molecule has 5 heterocycles. The lowest BCUT2D eigenvalue weighted by atomic mass is 9.34. The highest BCUT2D eigenvalue weighted by atomic mass is 16.7. The number of benzene rings is 1. The molecule has 3 saturated heterocycles. The number of esters is 1. The van der Waals surface area contributed by atoms with Crippen LogP contribution in [0.3, 0.4) is 0 Å². The molecule has 0 aromatic heterocycles. The van der Waals surface area contributed by atoms with Gasteiger partial charge in [0.05, 0.1) is 12.8 Å². The molecule has 11 nitrogen and oxygen atoms in total. The molecule has 178 valence electrons. The molecule has 3 saturated carbocycles. The molecule has 2 amide bonds. The highest BCUT2D eigenvalue weighted by molar-refractivity contribution is 6.07. The van der Waals surface area contributed by atoms with Gasteiger partial charge < -0.3 is 34.1 Å². The Balaban J connectivity index is 1.60. The normalized spacial score (nSPS) is 45.8. The summed E-state index contributed by atoms with van der Waals surface area (Å²) in [6.07, 6.45) is -0.607. The highest BCUT2D eigenvalue weighted by Gasteiger charge is 2.98. The standard InChI is InChI=1S/C23H22N2O9/c1-31-18(28)25-13-11(3-4-12-14(13)33-10-32-12)22-15-16(26)24-8-2-5-19(23(22,24)30)6-7-21(22,25)20(29,9-19)17(27)34-15/h3-4,15,29-30H,2,5-10H2,1H3/t15-,19+,20-,21+,22+,23+/m0/s1. The van der Waals surface area contributed by atoms with Crippen LogP contribution in [-0.2, 0) is 24.5 Å². The Morgan fingerprint density at radius 2 is 2.00 bits per heavy atom. The van der Waals surface area contributed by atoms with Gasteiger partial charge in [-0.05, 0) is 43.7 Å². The largest absolute Gasteiger partial charge is 0.454 e. The lowest BCUT2D eigenvalue weighted by molar-refractivity contribution is -0.346. The molecule has 3 aliphatic carbocycles. The topological polar surface area (TPSA) is 135 Å². The summed E-state index contributed by atoms with van der Waals surface area (Å²) in [7, 11) is 1.21. The fourth-order valence-corrected chi connectivity index (χ4v) is 9.14. The van der Waals surface area contributed by atoms with E-state index < -0.39 is 51.8 Å². The van der Waals surface area contributed by atoms with Crippen molar-refractivity contribution in [3.63, 3.8) is 0 Å². The number of piperidine rings is 1.